The van der Waals surface area contributed by atoms with Crippen LogP contribution in [0.15, 0.2) is 47.5 Å². The third kappa shape index (κ3) is 6.49. The van der Waals surface area contributed by atoms with Crippen LogP contribution < -0.4 is 11.1 Å². The molecule has 0 aromatic heterocycles. The number of benzene rings is 2. The Hall–Kier alpha value is -1.60. The average Bonchev–Trinajstić information content (AvgIpc) is 2.50. The molecular weight excluding hydrogens is 411 g/mol. The van der Waals surface area contributed by atoms with E-state index < -0.39 is 0 Å². The van der Waals surface area contributed by atoms with E-state index in [1.165, 1.54) is 16.7 Å². The first kappa shape index (κ1) is 20.4. The Balaban J connectivity index is 0.00000288. The third-order valence-electron chi connectivity index (χ3n) is 3.73. The molecule has 0 saturated carbocycles. The van der Waals surface area contributed by atoms with Gasteiger partial charge in [0.25, 0.3) is 0 Å². The Labute approximate surface area is 162 Å². The average molecular weight is 438 g/mol. The summed E-state index contributed by atoms with van der Waals surface area (Å²) in [4.78, 5) is 6.56. The molecule has 2 rings (SSSR count). The van der Waals surface area contributed by atoms with Crippen molar-refractivity contribution in [3.05, 3.63) is 64.7 Å². The summed E-state index contributed by atoms with van der Waals surface area (Å²) in [5.74, 6) is 0.436. The molecule has 0 fully saturated rings. The molecule has 0 bridgehead atoms. The van der Waals surface area contributed by atoms with Crippen molar-refractivity contribution in [3.8, 4) is 0 Å². The summed E-state index contributed by atoms with van der Waals surface area (Å²) in [7, 11) is 4.13. The van der Waals surface area contributed by atoms with Crippen LogP contribution in [0.5, 0.6) is 0 Å². The van der Waals surface area contributed by atoms with Crippen molar-refractivity contribution in [1.82, 2.24) is 4.90 Å². The number of rotatable bonds is 5. The first-order valence-electron chi connectivity index (χ1n) is 7.81. The summed E-state index contributed by atoms with van der Waals surface area (Å²) in [6.45, 7) is 5.70. The van der Waals surface area contributed by atoms with Crippen LogP contribution in [0.2, 0.25) is 0 Å². The molecule has 0 amide bonds. The Kier molecular flexibility index (Phi) is 8.21. The van der Waals surface area contributed by atoms with Crippen LogP contribution in [-0.4, -0.2) is 25.0 Å². The topological polar surface area (TPSA) is 53.6 Å². The highest BCUT2D eigenvalue weighted by Crippen LogP contribution is 2.14. The summed E-state index contributed by atoms with van der Waals surface area (Å²) in [5, 5.41) is 3.14. The van der Waals surface area contributed by atoms with Gasteiger partial charge in [0.05, 0.1) is 6.54 Å². The minimum Gasteiger partial charge on any atom is -0.370 e. The van der Waals surface area contributed by atoms with E-state index in [9.17, 15) is 0 Å². The first-order chi connectivity index (χ1) is 10.9. The quantitative estimate of drug-likeness (QED) is 0.423. The van der Waals surface area contributed by atoms with E-state index in [2.05, 4.69) is 79.6 Å². The van der Waals surface area contributed by atoms with E-state index in [4.69, 9.17) is 5.73 Å². The molecule has 0 heterocycles. The molecule has 0 unspecified atom stereocenters. The fourth-order valence-electron chi connectivity index (χ4n) is 2.30. The molecule has 0 aliphatic rings. The standard InChI is InChI=1S/C19H26N4.HI/c1-14-5-10-18(11-15(14)2)22-19(20)21-12-16-6-8-17(9-7-16)13-23(3)4;/h5-11H,12-13H2,1-4H3,(H3,20,21,22);1H. The second-order valence-corrected chi connectivity index (χ2v) is 6.18. The number of nitrogens with one attached hydrogen (secondary N) is 1. The number of nitrogens with zero attached hydrogens (tertiary/aromatic N) is 2. The monoisotopic (exact) mass is 438 g/mol. The van der Waals surface area contributed by atoms with Crippen LogP contribution in [0.25, 0.3) is 0 Å². The summed E-state index contributed by atoms with van der Waals surface area (Å²) >= 11 is 0. The Morgan fingerprint density at radius 2 is 1.62 bits per heavy atom. The number of hydrogen-bond acceptors (Lipinski definition) is 2. The van der Waals surface area contributed by atoms with Gasteiger partial charge in [0.15, 0.2) is 5.96 Å². The highest BCUT2D eigenvalue weighted by atomic mass is 127. The lowest BCUT2D eigenvalue weighted by Gasteiger charge is -2.10. The van der Waals surface area contributed by atoms with Gasteiger partial charge in [-0.15, -0.1) is 24.0 Å². The third-order valence-corrected chi connectivity index (χ3v) is 3.73. The van der Waals surface area contributed by atoms with Crippen molar-refractivity contribution in [2.45, 2.75) is 26.9 Å². The van der Waals surface area contributed by atoms with Gasteiger partial charge in [-0.3, -0.25) is 0 Å². The molecule has 130 valence electrons. The lowest BCUT2D eigenvalue weighted by atomic mass is 10.1. The van der Waals surface area contributed by atoms with Gasteiger partial charge in [-0.25, -0.2) is 4.99 Å². The lowest BCUT2D eigenvalue weighted by molar-refractivity contribution is 0.402. The summed E-state index contributed by atoms with van der Waals surface area (Å²) in [5.41, 5.74) is 11.9. The molecule has 0 aliphatic carbocycles. The number of halogens is 1. The van der Waals surface area contributed by atoms with Gasteiger partial charge in [0.1, 0.15) is 0 Å². The number of anilines is 1. The van der Waals surface area contributed by atoms with Crippen LogP contribution in [0.1, 0.15) is 22.3 Å². The van der Waals surface area contributed by atoms with Crippen molar-refractivity contribution >= 4 is 35.6 Å². The largest absolute Gasteiger partial charge is 0.370 e. The SMILES string of the molecule is Cc1ccc(NC(N)=NCc2ccc(CN(C)C)cc2)cc1C.I. The lowest BCUT2D eigenvalue weighted by Crippen LogP contribution is -2.22. The van der Waals surface area contributed by atoms with Gasteiger partial charge in [0, 0.05) is 12.2 Å². The van der Waals surface area contributed by atoms with E-state index in [0.29, 0.717) is 12.5 Å². The molecule has 0 radical (unpaired) electrons. The number of hydrogen-bond donors (Lipinski definition) is 2. The van der Waals surface area contributed by atoms with Crippen LogP contribution in [-0.2, 0) is 13.1 Å². The van der Waals surface area contributed by atoms with E-state index in [-0.39, 0.29) is 24.0 Å². The highest BCUT2D eigenvalue weighted by molar-refractivity contribution is 14.0. The second kappa shape index (κ2) is 9.64. The van der Waals surface area contributed by atoms with Gasteiger partial charge in [-0.1, -0.05) is 30.3 Å². The van der Waals surface area contributed by atoms with Crippen LogP contribution in [0.3, 0.4) is 0 Å². The van der Waals surface area contributed by atoms with Crippen molar-refractivity contribution in [1.29, 1.82) is 0 Å². The number of nitrogens with two attached hydrogens (primary N) is 1. The maximum atomic E-state index is 5.97. The molecule has 2 aromatic carbocycles. The maximum absolute atomic E-state index is 5.97. The van der Waals surface area contributed by atoms with Gasteiger partial charge >= 0.3 is 0 Å². The summed E-state index contributed by atoms with van der Waals surface area (Å²) < 4.78 is 0. The normalized spacial score (nSPS) is 11.3. The number of guanidine groups is 1. The molecule has 5 heteroatoms. The first-order valence-corrected chi connectivity index (χ1v) is 7.81. The predicted molar refractivity (Wildman–Crippen MR) is 114 cm³/mol. The minimum atomic E-state index is 0. The van der Waals surface area contributed by atoms with Gasteiger partial charge in [-0.2, -0.15) is 0 Å². The van der Waals surface area contributed by atoms with E-state index in [1.807, 2.05) is 6.07 Å². The van der Waals surface area contributed by atoms with Crippen molar-refractivity contribution < 1.29 is 0 Å². The van der Waals surface area contributed by atoms with Crippen molar-refractivity contribution in [2.75, 3.05) is 19.4 Å². The zero-order valence-corrected chi connectivity index (χ0v) is 17.2. The summed E-state index contributed by atoms with van der Waals surface area (Å²) in [6.07, 6.45) is 0. The second-order valence-electron chi connectivity index (χ2n) is 6.18. The molecule has 2 aromatic rings. The van der Waals surface area contributed by atoms with Gasteiger partial charge in [-0.05, 0) is 62.3 Å². The molecule has 0 aliphatic heterocycles. The number of aryl methyl sites for hydroxylation is 2. The van der Waals surface area contributed by atoms with Crippen molar-refractivity contribution in [2.24, 2.45) is 10.7 Å². The fourth-order valence-corrected chi connectivity index (χ4v) is 2.30. The molecule has 4 nitrogen and oxygen atoms in total. The Morgan fingerprint density at radius 3 is 2.21 bits per heavy atom. The van der Waals surface area contributed by atoms with Gasteiger partial charge < -0.3 is 16.0 Å². The highest BCUT2D eigenvalue weighted by Gasteiger charge is 1.99. The van der Waals surface area contributed by atoms with Gasteiger partial charge in [0.2, 0.25) is 0 Å². The van der Waals surface area contributed by atoms with E-state index in [1.54, 1.807) is 0 Å². The predicted octanol–water partition coefficient (Wildman–Crippen LogP) is 3.91. The molecule has 0 spiro atoms. The van der Waals surface area contributed by atoms with E-state index in [0.717, 1.165) is 17.8 Å². The zero-order valence-electron chi connectivity index (χ0n) is 14.8. The smallest absolute Gasteiger partial charge is 0.193 e. The summed E-state index contributed by atoms with van der Waals surface area (Å²) in [6, 6.07) is 14.6. The minimum absolute atomic E-state index is 0. The molecule has 24 heavy (non-hydrogen) atoms. The van der Waals surface area contributed by atoms with Crippen LogP contribution >= 0.6 is 24.0 Å². The van der Waals surface area contributed by atoms with E-state index >= 15 is 0 Å². The van der Waals surface area contributed by atoms with Crippen LogP contribution in [0, 0.1) is 13.8 Å². The molecular formula is C19H27IN4. The number of aliphatic imine (C=N–C) groups is 1. The Bertz CT molecular complexity index is 678. The molecule has 0 saturated heterocycles. The Morgan fingerprint density at radius 1 is 1.00 bits per heavy atom. The maximum Gasteiger partial charge on any atom is 0.193 e. The zero-order chi connectivity index (χ0) is 16.8. The van der Waals surface area contributed by atoms with Crippen LogP contribution in [0.4, 0.5) is 5.69 Å². The molecule has 3 N–H and O–H groups in total. The molecule has 0 atom stereocenters. The van der Waals surface area contributed by atoms with Crippen molar-refractivity contribution in [3.63, 3.8) is 0 Å². The fraction of sp³-hybridized carbons (Fsp3) is 0.316.